The molecule has 0 radical (unpaired) electrons. The van der Waals surface area contributed by atoms with E-state index in [-0.39, 0.29) is 12.4 Å². The highest BCUT2D eigenvalue weighted by Gasteiger charge is 2.25. The van der Waals surface area contributed by atoms with Crippen molar-refractivity contribution in [2.45, 2.75) is 19.4 Å². The Morgan fingerprint density at radius 3 is 2.53 bits per heavy atom. The minimum Gasteiger partial charge on any atom is -0.493 e. The van der Waals surface area contributed by atoms with Crippen LogP contribution in [-0.4, -0.2) is 30.4 Å². The van der Waals surface area contributed by atoms with Gasteiger partial charge < -0.3 is 25.5 Å². The number of carbonyl (C=O) groups excluding carboxylic acids is 2. The van der Waals surface area contributed by atoms with Gasteiger partial charge in [-0.05, 0) is 29.7 Å². The van der Waals surface area contributed by atoms with E-state index in [9.17, 15) is 9.59 Å². The fourth-order valence-corrected chi connectivity index (χ4v) is 4.01. The number of anilines is 1. The predicted octanol–water partition coefficient (Wildman–Crippen LogP) is 4.64. The second-order valence-electron chi connectivity index (χ2n) is 7.87. The SMILES string of the molecule is CCc1cccc2c(C(=O)C(Nc3ccc(OC)c(OCC(N)=O)c3)c3ccccc3)c[nH]c12. The van der Waals surface area contributed by atoms with E-state index >= 15 is 0 Å². The van der Waals surface area contributed by atoms with Gasteiger partial charge in [0.15, 0.2) is 23.9 Å². The van der Waals surface area contributed by atoms with Crippen LogP contribution in [0.4, 0.5) is 5.69 Å². The van der Waals surface area contributed by atoms with Gasteiger partial charge in [0.2, 0.25) is 0 Å². The van der Waals surface area contributed by atoms with Crippen LogP contribution < -0.4 is 20.5 Å². The van der Waals surface area contributed by atoms with Crippen LogP contribution in [0.1, 0.15) is 34.5 Å². The van der Waals surface area contributed by atoms with Crippen molar-refractivity contribution in [3.8, 4) is 11.5 Å². The number of ether oxygens (including phenoxy) is 2. The van der Waals surface area contributed by atoms with Crippen molar-refractivity contribution in [3.63, 3.8) is 0 Å². The van der Waals surface area contributed by atoms with Crippen LogP contribution in [0.2, 0.25) is 0 Å². The summed E-state index contributed by atoms with van der Waals surface area (Å²) in [4.78, 5) is 28.3. The third-order valence-corrected chi connectivity index (χ3v) is 5.69. The largest absolute Gasteiger partial charge is 0.493 e. The number of aryl methyl sites for hydroxylation is 1. The molecule has 4 aromatic rings. The Bertz CT molecular complexity index is 1310. The summed E-state index contributed by atoms with van der Waals surface area (Å²) in [6, 6.07) is 20.1. The van der Waals surface area contributed by atoms with Gasteiger partial charge in [0.25, 0.3) is 5.91 Å². The quantitative estimate of drug-likeness (QED) is 0.301. The summed E-state index contributed by atoms with van der Waals surface area (Å²) in [6.07, 6.45) is 2.64. The Morgan fingerprint density at radius 1 is 1.03 bits per heavy atom. The zero-order valence-electron chi connectivity index (χ0n) is 19.1. The van der Waals surface area contributed by atoms with Gasteiger partial charge in [-0.2, -0.15) is 0 Å². The zero-order valence-corrected chi connectivity index (χ0v) is 19.1. The Labute approximate surface area is 197 Å². The molecule has 174 valence electrons. The van der Waals surface area contributed by atoms with E-state index in [0.29, 0.717) is 22.7 Å². The lowest BCUT2D eigenvalue weighted by Gasteiger charge is -2.20. The standard InChI is InChI=1S/C27H27N3O4/c1-3-17-10-7-11-20-21(15-29-25(17)20)27(32)26(18-8-5-4-6-9-18)30-19-12-13-22(33-2)23(14-19)34-16-24(28)31/h4-15,26,29-30H,3,16H2,1-2H3,(H2,28,31). The maximum atomic E-state index is 13.8. The number of rotatable bonds is 10. The first-order valence-electron chi connectivity index (χ1n) is 11.1. The summed E-state index contributed by atoms with van der Waals surface area (Å²) < 4.78 is 10.8. The van der Waals surface area contributed by atoms with E-state index in [1.807, 2.05) is 42.5 Å². The predicted molar refractivity (Wildman–Crippen MR) is 132 cm³/mol. The zero-order chi connectivity index (χ0) is 24.1. The maximum Gasteiger partial charge on any atom is 0.255 e. The Hall–Kier alpha value is -4.26. The van der Waals surface area contributed by atoms with E-state index < -0.39 is 11.9 Å². The van der Waals surface area contributed by atoms with E-state index in [1.165, 1.54) is 7.11 Å². The minimum atomic E-state index is -0.650. The number of benzene rings is 3. The number of primary amides is 1. The summed E-state index contributed by atoms with van der Waals surface area (Å²) in [5, 5.41) is 4.24. The highest BCUT2D eigenvalue weighted by atomic mass is 16.5. The number of para-hydroxylation sites is 1. The van der Waals surface area contributed by atoms with Crippen molar-refractivity contribution in [2.75, 3.05) is 19.0 Å². The smallest absolute Gasteiger partial charge is 0.255 e. The average molecular weight is 458 g/mol. The molecule has 0 aliphatic heterocycles. The Balaban J connectivity index is 1.72. The molecule has 0 aliphatic rings. The molecule has 0 bridgehead atoms. The molecule has 1 aromatic heterocycles. The number of hydrogen-bond acceptors (Lipinski definition) is 5. The number of ketones is 1. The lowest BCUT2D eigenvalue weighted by Crippen LogP contribution is -2.22. The fourth-order valence-electron chi connectivity index (χ4n) is 4.01. The summed E-state index contributed by atoms with van der Waals surface area (Å²) in [6.45, 7) is 1.81. The second-order valence-corrected chi connectivity index (χ2v) is 7.87. The summed E-state index contributed by atoms with van der Waals surface area (Å²) in [5.41, 5.74) is 9.43. The molecule has 3 aromatic carbocycles. The second kappa shape index (κ2) is 10.1. The van der Waals surface area contributed by atoms with E-state index in [4.69, 9.17) is 15.2 Å². The van der Waals surface area contributed by atoms with Gasteiger partial charge in [0.1, 0.15) is 6.04 Å². The summed E-state index contributed by atoms with van der Waals surface area (Å²) >= 11 is 0. The van der Waals surface area contributed by atoms with Crippen molar-refractivity contribution >= 4 is 28.3 Å². The number of H-pyrrole nitrogens is 1. The van der Waals surface area contributed by atoms with Crippen molar-refractivity contribution in [1.29, 1.82) is 0 Å². The van der Waals surface area contributed by atoms with Crippen molar-refractivity contribution in [3.05, 3.63) is 89.6 Å². The lowest BCUT2D eigenvalue weighted by atomic mass is 9.96. The number of nitrogens with one attached hydrogen (secondary N) is 2. The topological polar surface area (TPSA) is 106 Å². The summed E-state index contributed by atoms with van der Waals surface area (Å²) in [5.74, 6) is 0.146. The van der Waals surface area contributed by atoms with Crippen molar-refractivity contribution in [1.82, 2.24) is 4.98 Å². The number of Topliss-reactive ketones (excluding diaryl/α,β-unsaturated/α-hetero) is 1. The molecule has 1 unspecified atom stereocenters. The van der Waals surface area contributed by atoms with Crippen LogP contribution in [0.3, 0.4) is 0 Å². The van der Waals surface area contributed by atoms with Crippen LogP contribution in [-0.2, 0) is 11.2 Å². The molecule has 34 heavy (non-hydrogen) atoms. The van der Waals surface area contributed by atoms with Gasteiger partial charge in [-0.3, -0.25) is 9.59 Å². The molecule has 4 rings (SSSR count). The molecule has 0 aliphatic carbocycles. The van der Waals surface area contributed by atoms with Gasteiger partial charge in [0, 0.05) is 34.4 Å². The first-order valence-corrected chi connectivity index (χ1v) is 11.1. The molecule has 7 heteroatoms. The molecule has 0 spiro atoms. The average Bonchev–Trinajstić information content (AvgIpc) is 3.30. The number of amides is 1. The maximum absolute atomic E-state index is 13.8. The number of methoxy groups -OCH3 is 1. The molecule has 1 heterocycles. The molecule has 0 fully saturated rings. The molecule has 1 atom stereocenters. The molecular weight excluding hydrogens is 430 g/mol. The first-order chi connectivity index (χ1) is 16.5. The molecule has 0 saturated heterocycles. The molecule has 0 saturated carbocycles. The molecule has 7 nitrogen and oxygen atoms in total. The van der Waals surface area contributed by atoms with E-state index in [0.717, 1.165) is 28.5 Å². The Morgan fingerprint density at radius 2 is 1.82 bits per heavy atom. The number of aromatic nitrogens is 1. The number of nitrogens with two attached hydrogens (primary N) is 1. The van der Waals surface area contributed by atoms with Gasteiger partial charge >= 0.3 is 0 Å². The normalized spacial score (nSPS) is 11.7. The number of aromatic amines is 1. The fraction of sp³-hybridized carbons (Fsp3) is 0.185. The van der Waals surface area contributed by atoms with Gasteiger partial charge in [0.05, 0.1) is 7.11 Å². The minimum absolute atomic E-state index is 0.0684. The van der Waals surface area contributed by atoms with Crippen LogP contribution in [0, 0.1) is 0 Å². The molecule has 1 amide bonds. The number of carbonyl (C=O) groups is 2. The summed E-state index contributed by atoms with van der Waals surface area (Å²) in [7, 11) is 1.51. The van der Waals surface area contributed by atoms with Crippen LogP contribution in [0.15, 0.2) is 72.9 Å². The number of fused-ring (bicyclic) bond motifs is 1. The van der Waals surface area contributed by atoms with Crippen molar-refractivity contribution < 1.29 is 19.1 Å². The van der Waals surface area contributed by atoms with Crippen LogP contribution in [0.5, 0.6) is 11.5 Å². The monoisotopic (exact) mass is 457 g/mol. The Kier molecular flexibility index (Phi) is 6.82. The van der Waals surface area contributed by atoms with Gasteiger partial charge in [-0.1, -0.05) is 55.5 Å². The molecule has 4 N–H and O–H groups in total. The van der Waals surface area contributed by atoms with E-state index in [1.54, 1.807) is 24.4 Å². The number of hydrogen-bond donors (Lipinski definition) is 3. The van der Waals surface area contributed by atoms with Crippen LogP contribution in [0.25, 0.3) is 10.9 Å². The molecular formula is C27H27N3O4. The third-order valence-electron chi connectivity index (χ3n) is 5.69. The third kappa shape index (κ3) is 4.73. The highest BCUT2D eigenvalue weighted by molar-refractivity contribution is 6.12. The lowest BCUT2D eigenvalue weighted by molar-refractivity contribution is -0.119. The van der Waals surface area contributed by atoms with Crippen molar-refractivity contribution in [2.24, 2.45) is 5.73 Å². The first kappa shape index (κ1) is 22.9. The van der Waals surface area contributed by atoms with Gasteiger partial charge in [-0.15, -0.1) is 0 Å². The van der Waals surface area contributed by atoms with Crippen LogP contribution >= 0.6 is 0 Å². The van der Waals surface area contributed by atoms with E-state index in [2.05, 4.69) is 23.3 Å². The van der Waals surface area contributed by atoms with Gasteiger partial charge in [-0.25, -0.2) is 0 Å². The highest BCUT2D eigenvalue weighted by Crippen LogP contribution is 2.33.